The summed E-state index contributed by atoms with van der Waals surface area (Å²) >= 11 is 0. The van der Waals surface area contributed by atoms with E-state index in [1.54, 1.807) is 27.7 Å². The molecule has 0 saturated carbocycles. The van der Waals surface area contributed by atoms with Gasteiger partial charge >= 0.3 is 12.1 Å². The second kappa shape index (κ2) is 6.23. The van der Waals surface area contributed by atoms with Crippen LogP contribution in [0.1, 0.15) is 48.5 Å². The lowest BCUT2D eigenvalue weighted by Gasteiger charge is -2.30. The van der Waals surface area contributed by atoms with Gasteiger partial charge < -0.3 is 19.9 Å². The zero-order valence-electron chi connectivity index (χ0n) is 12.7. The summed E-state index contributed by atoms with van der Waals surface area (Å²) in [5, 5.41) is 11.4. The van der Waals surface area contributed by atoms with Crippen LogP contribution in [-0.4, -0.2) is 40.5 Å². The van der Waals surface area contributed by atoms with Crippen molar-refractivity contribution in [2.45, 2.75) is 71.8 Å². The minimum atomic E-state index is -1.16. The lowest BCUT2D eigenvalue weighted by atomic mass is 10.1. The van der Waals surface area contributed by atoms with Crippen LogP contribution in [0.15, 0.2) is 0 Å². The molecular weight excluding hydrogens is 250 g/mol. The van der Waals surface area contributed by atoms with Crippen LogP contribution in [0.4, 0.5) is 4.79 Å². The van der Waals surface area contributed by atoms with Crippen LogP contribution in [0.3, 0.4) is 0 Å². The highest BCUT2D eigenvalue weighted by atomic mass is 16.6. The lowest BCUT2D eigenvalue weighted by Crippen LogP contribution is -2.51. The molecule has 0 fully saturated rings. The predicted molar refractivity (Wildman–Crippen MR) is 71.1 cm³/mol. The minimum absolute atomic E-state index is 0.497. The van der Waals surface area contributed by atoms with Crippen LogP contribution in [0.5, 0.6) is 0 Å². The van der Waals surface area contributed by atoms with Crippen molar-refractivity contribution in [2.24, 2.45) is 0 Å². The summed E-state index contributed by atoms with van der Waals surface area (Å²) < 4.78 is 10.6. The molecule has 0 spiro atoms. The second-order valence-corrected chi connectivity index (χ2v) is 6.40. The average molecular weight is 275 g/mol. The first kappa shape index (κ1) is 17.7. The first-order valence-corrected chi connectivity index (χ1v) is 6.22. The number of rotatable bonds is 4. The Morgan fingerprint density at radius 1 is 1.05 bits per heavy atom. The SMILES string of the molecule is C[C@@H](OC(C)(C)C)C(NC(=O)OC(C)(C)C)C(=O)O. The van der Waals surface area contributed by atoms with E-state index in [1.165, 1.54) is 0 Å². The van der Waals surface area contributed by atoms with E-state index in [0.717, 1.165) is 0 Å². The third kappa shape index (κ3) is 8.42. The fourth-order valence-corrected chi connectivity index (χ4v) is 1.44. The van der Waals surface area contributed by atoms with Gasteiger partial charge in [-0.3, -0.25) is 0 Å². The normalized spacial score (nSPS) is 15.5. The number of ether oxygens (including phenoxy) is 2. The van der Waals surface area contributed by atoms with E-state index in [1.807, 2.05) is 20.8 Å². The number of nitrogens with one attached hydrogen (secondary N) is 1. The Hall–Kier alpha value is -1.30. The zero-order chi connectivity index (χ0) is 15.4. The lowest BCUT2D eigenvalue weighted by molar-refractivity contribution is -0.147. The molecule has 1 unspecified atom stereocenters. The van der Waals surface area contributed by atoms with Gasteiger partial charge in [0.2, 0.25) is 0 Å². The van der Waals surface area contributed by atoms with Crippen LogP contribution >= 0.6 is 0 Å². The van der Waals surface area contributed by atoms with E-state index in [2.05, 4.69) is 5.32 Å². The van der Waals surface area contributed by atoms with Crippen molar-refractivity contribution in [2.75, 3.05) is 0 Å². The molecule has 0 saturated heterocycles. The molecular formula is C13H25NO5. The number of hydrogen-bond acceptors (Lipinski definition) is 4. The first-order chi connectivity index (χ1) is 8.32. The summed E-state index contributed by atoms with van der Waals surface area (Å²) in [4.78, 5) is 22.8. The number of alkyl carbamates (subject to hydrolysis) is 1. The van der Waals surface area contributed by atoms with Crippen molar-refractivity contribution in [1.29, 1.82) is 0 Å². The van der Waals surface area contributed by atoms with Gasteiger partial charge in [0.15, 0.2) is 6.04 Å². The Kier molecular flexibility index (Phi) is 5.81. The molecule has 0 aliphatic carbocycles. The highest BCUT2D eigenvalue weighted by Gasteiger charge is 2.31. The maximum Gasteiger partial charge on any atom is 0.408 e. The van der Waals surface area contributed by atoms with Crippen molar-refractivity contribution in [1.82, 2.24) is 5.32 Å². The van der Waals surface area contributed by atoms with E-state index in [9.17, 15) is 9.59 Å². The van der Waals surface area contributed by atoms with Crippen LogP contribution < -0.4 is 5.32 Å². The Balaban J connectivity index is 4.67. The van der Waals surface area contributed by atoms with E-state index in [0.29, 0.717) is 0 Å². The van der Waals surface area contributed by atoms with Crippen LogP contribution in [0.25, 0.3) is 0 Å². The van der Waals surface area contributed by atoms with Gasteiger partial charge in [-0.1, -0.05) is 0 Å². The number of carbonyl (C=O) groups is 2. The third-order valence-corrected chi connectivity index (χ3v) is 1.95. The largest absolute Gasteiger partial charge is 0.480 e. The molecule has 6 heteroatoms. The molecule has 0 aromatic heterocycles. The van der Waals surface area contributed by atoms with Gasteiger partial charge in [-0.25, -0.2) is 9.59 Å². The Morgan fingerprint density at radius 3 is 1.84 bits per heavy atom. The molecule has 6 nitrogen and oxygen atoms in total. The standard InChI is InChI=1S/C13H25NO5/c1-8(18-12(2,3)4)9(10(15)16)14-11(17)19-13(5,6)7/h8-9H,1-7H3,(H,14,17)(H,15,16)/t8-,9?/m1/s1. The molecule has 0 heterocycles. The van der Waals surface area contributed by atoms with Gasteiger partial charge in [0, 0.05) is 0 Å². The van der Waals surface area contributed by atoms with Crippen molar-refractivity contribution in [3.63, 3.8) is 0 Å². The third-order valence-electron chi connectivity index (χ3n) is 1.95. The molecule has 2 atom stereocenters. The predicted octanol–water partition coefficient (Wildman–Crippen LogP) is 2.17. The number of carboxylic acids is 1. The van der Waals surface area contributed by atoms with Gasteiger partial charge in [-0.15, -0.1) is 0 Å². The van der Waals surface area contributed by atoms with Crippen LogP contribution in [0, 0.1) is 0 Å². The van der Waals surface area contributed by atoms with Gasteiger partial charge in [0.25, 0.3) is 0 Å². The smallest absolute Gasteiger partial charge is 0.408 e. The summed E-state index contributed by atoms with van der Waals surface area (Å²) in [5.41, 5.74) is -1.18. The summed E-state index contributed by atoms with van der Waals surface area (Å²) in [7, 11) is 0. The highest BCUT2D eigenvalue weighted by Crippen LogP contribution is 2.14. The molecule has 0 radical (unpaired) electrons. The molecule has 112 valence electrons. The van der Waals surface area contributed by atoms with E-state index < -0.39 is 35.4 Å². The molecule has 19 heavy (non-hydrogen) atoms. The van der Waals surface area contributed by atoms with Crippen molar-refractivity contribution in [3.8, 4) is 0 Å². The number of amides is 1. The van der Waals surface area contributed by atoms with E-state index >= 15 is 0 Å². The summed E-state index contributed by atoms with van der Waals surface area (Å²) in [6.45, 7) is 12.2. The number of aliphatic carboxylic acids is 1. The molecule has 0 rings (SSSR count). The Morgan fingerprint density at radius 2 is 1.53 bits per heavy atom. The molecule has 0 aliphatic heterocycles. The van der Waals surface area contributed by atoms with Crippen molar-refractivity contribution >= 4 is 12.1 Å². The van der Waals surface area contributed by atoms with Gasteiger partial charge in [-0.05, 0) is 48.5 Å². The summed E-state index contributed by atoms with van der Waals surface area (Å²) in [5.74, 6) is -1.16. The fraction of sp³-hybridized carbons (Fsp3) is 0.846. The molecule has 0 aromatic carbocycles. The topological polar surface area (TPSA) is 84.9 Å². The Bertz CT molecular complexity index is 327. The number of carbonyl (C=O) groups excluding carboxylic acids is 1. The van der Waals surface area contributed by atoms with E-state index in [-0.39, 0.29) is 0 Å². The number of carboxylic acid groups (broad SMARTS) is 1. The Labute approximate surface area is 114 Å². The van der Waals surface area contributed by atoms with Gasteiger partial charge in [0.1, 0.15) is 5.60 Å². The van der Waals surface area contributed by atoms with Crippen LogP contribution in [0.2, 0.25) is 0 Å². The summed E-state index contributed by atoms with van der Waals surface area (Å²) in [6.07, 6.45) is -1.45. The maximum absolute atomic E-state index is 11.6. The van der Waals surface area contributed by atoms with Crippen molar-refractivity contribution in [3.05, 3.63) is 0 Å². The van der Waals surface area contributed by atoms with E-state index in [4.69, 9.17) is 14.6 Å². The molecule has 2 N–H and O–H groups in total. The number of hydrogen-bond donors (Lipinski definition) is 2. The fourth-order valence-electron chi connectivity index (χ4n) is 1.44. The van der Waals surface area contributed by atoms with Crippen LogP contribution in [-0.2, 0) is 14.3 Å². The average Bonchev–Trinajstić information content (AvgIpc) is 2.07. The maximum atomic E-state index is 11.6. The second-order valence-electron chi connectivity index (χ2n) is 6.40. The highest BCUT2D eigenvalue weighted by molar-refractivity contribution is 5.80. The molecule has 1 amide bonds. The quantitative estimate of drug-likeness (QED) is 0.821. The van der Waals surface area contributed by atoms with Gasteiger partial charge in [-0.2, -0.15) is 0 Å². The summed E-state index contributed by atoms with van der Waals surface area (Å²) in [6, 6.07) is -1.16. The minimum Gasteiger partial charge on any atom is -0.480 e. The van der Waals surface area contributed by atoms with Gasteiger partial charge in [0.05, 0.1) is 11.7 Å². The first-order valence-electron chi connectivity index (χ1n) is 6.22. The zero-order valence-corrected chi connectivity index (χ0v) is 12.7. The molecule has 0 aromatic rings. The van der Waals surface area contributed by atoms with Crippen molar-refractivity contribution < 1.29 is 24.2 Å². The molecule has 0 bridgehead atoms. The monoisotopic (exact) mass is 275 g/mol. The molecule has 0 aliphatic rings.